The van der Waals surface area contributed by atoms with Crippen molar-refractivity contribution >= 4 is 22.4 Å². The fourth-order valence-corrected chi connectivity index (χ4v) is 4.98. The number of hydrogen-bond acceptors (Lipinski definition) is 5. The van der Waals surface area contributed by atoms with Gasteiger partial charge >= 0.3 is 0 Å². The van der Waals surface area contributed by atoms with Crippen LogP contribution in [0.4, 0.5) is 5.13 Å². The maximum Gasteiger partial charge on any atom is 0.222 e. The summed E-state index contributed by atoms with van der Waals surface area (Å²) in [6.07, 6.45) is 7.85. The molecule has 0 spiro atoms. The summed E-state index contributed by atoms with van der Waals surface area (Å²) >= 11 is 1.64. The van der Waals surface area contributed by atoms with E-state index in [1.54, 1.807) is 11.3 Å². The zero-order valence-electron chi connectivity index (χ0n) is 16.7. The maximum absolute atomic E-state index is 12.7. The van der Waals surface area contributed by atoms with Gasteiger partial charge in [0.05, 0.1) is 11.9 Å². The Kier molecular flexibility index (Phi) is 5.94. The molecule has 29 heavy (non-hydrogen) atoms. The number of carbonyl (C=O) groups is 1. The van der Waals surface area contributed by atoms with Crippen molar-refractivity contribution in [1.29, 1.82) is 0 Å². The number of amides is 1. The molecule has 1 aromatic carbocycles. The summed E-state index contributed by atoms with van der Waals surface area (Å²) < 4.78 is 0. The van der Waals surface area contributed by atoms with Crippen LogP contribution in [0.25, 0.3) is 0 Å². The van der Waals surface area contributed by atoms with Gasteiger partial charge in [0, 0.05) is 43.5 Å². The molecule has 3 aromatic rings. The highest BCUT2D eigenvalue weighted by molar-refractivity contribution is 7.13. The summed E-state index contributed by atoms with van der Waals surface area (Å²) in [7, 11) is 1.91. The molecule has 1 saturated heterocycles. The summed E-state index contributed by atoms with van der Waals surface area (Å²) in [5.74, 6) is 0.254. The van der Waals surface area contributed by atoms with Crippen molar-refractivity contribution in [1.82, 2.24) is 20.1 Å². The number of likely N-dealkylation sites (tertiary alicyclic amines) is 1. The Hall–Kier alpha value is -2.67. The molecule has 2 N–H and O–H groups in total. The molecule has 1 fully saturated rings. The van der Waals surface area contributed by atoms with E-state index in [0.29, 0.717) is 6.42 Å². The highest BCUT2D eigenvalue weighted by atomic mass is 32.1. The SMILES string of the molecule is CNc1nc(C2(c3ccccc3)CCN(C(=O)CCCc3cn[nH]c3)CC2)cs1. The first-order valence-corrected chi connectivity index (χ1v) is 11.0. The molecule has 3 heterocycles. The van der Waals surface area contributed by atoms with Crippen LogP contribution in [-0.2, 0) is 16.6 Å². The predicted molar refractivity (Wildman–Crippen MR) is 116 cm³/mol. The van der Waals surface area contributed by atoms with E-state index in [2.05, 4.69) is 51.2 Å². The lowest BCUT2D eigenvalue weighted by molar-refractivity contribution is -0.132. The average molecular weight is 410 g/mol. The molecule has 0 unspecified atom stereocenters. The molecule has 0 saturated carbocycles. The van der Waals surface area contributed by atoms with Crippen molar-refractivity contribution in [2.24, 2.45) is 0 Å². The average Bonchev–Trinajstić information content (AvgIpc) is 3.47. The van der Waals surface area contributed by atoms with Crippen molar-refractivity contribution < 1.29 is 4.79 Å². The molecule has 0 aliphatic carbocycles. The molecule has 1 aliphatic heterocycles. The van der Waals surface area contributed by atoms with Gasteiger partial charge in [-0.15, -0.1) is 11.3 Å². The Bertz CT molecular complexity index is 914. The minimum atomic E-state index is -0.125. The largest absolute Gasteiger partial charge is 0.365 e. The fraction of sp³-hybridized carbons (Fsp3) is 0.409. The van der Waals surface area contributed by atoms with Crippen LogP contribution in [-0.4, -0.2) is 46.1 Å². The Morgan fingerprint density at radius 3 is 2.72 bits per heavy atom. The molecule has 152 valence electrons. The van der Waals surface area contributed by atoms with Crippen LogP contribution in [0.15, 0.2) is 48.1 Å². The molecule has 4 rings (SSSR count). The fourth-order valence-electron chi connectivity index (χ4n) is 4.21. The number of benzene rings is 1. The zero-order chi connectivity index (χ0) is 20.1. The van der Waals surface area contributed by atoms with E-state index < -0.39 is 0 Å². The van der Waals surface area contributed by atoms with Gasteiger partial charge in [-0.3, -0.25) is 9.89 Å². The summed E-state index contributed by atoms with van der Waals surface area (Å²) in [6, 6.07) is 10.6. The van der Waals surface area contributed by atoms with Crippen molar-refractivity contribution in [3.05, 3.63) is 64.9 Å². The molecule has 0 radical (unpaired) electrons. The Morgan fingerprint density at radius 2 is 2.07 bits per heavy atom. The number of nitrogens with one attached hydrogen (secondary N) is 2. The second-order valence-electron chi connectivity index (χ2n) is 7.58. The van der Waals surface area contributed by atoms with E-state index in [-0.39, 0.29) is 11.3 Å². The van der Waals surface area contributed by atoms with Crippen LogP contribution in [0.1, 0.15) is 42.5 Å². The van der Waals surface area contributed by atoms with Crippen molar-refractivity contribution in [3.8, 4) is 0 Å². The summed E-state index contributed by atoms with van der Waals surface area (Å²) in [5, 5.41) is 13.0. The third-order valence-corrected chi connectivity index (χ3v) is 6.78. The van der Waals surface area contributed by atoms with Gasteiger partial charge in [-0.1, -0.05) is 30.3 Å². The van der Waals surface area contributed by atoms with Crippen molar-refractivity contribution in [3.63, 3.8) is 0 Å². The van der Waals surface area contributed by atoms with Gasteiger partial charge in [0.15, 0.2) is 5.13 Å². The van der Waals surface area contributed by atoms with Crippen LogP contribution in [0, 0.1) is 0 Å². The quantitative estimate of drug-likeness (QED) is 0.622. The maximum atomic E-state index is 12.7. The highest BCUT2D eigenvalue weighted by Gasteiger charge is 2.40. The van der Waals surface area contributed by atoms with Gasteiger partial charge in [0.2, 0.25) is 5.91 Å². The van der Waals surface area contributed by atoms with Crippen LogP contribution in [0.2, 0.25) is 0 Å². The number of carbonyl (C=O) groups excluding carboxylic acids is 1. The van der Waals surface area contributed by atoms with Gasteiger partial charge in [0.1, 0.15) is 0 Å². The summed E-state index contributed by atoms with van der Waals surface area (Å²) in [4.78, 5) is 19.6. The second-order valence-corrected chi connectivity index (χ2v) is 8.44. The van der Waals surface area contributed by atoms with Crippen molar-refractivity contribution in [2.75, 3.05) is 25.5 Å². The summed E-state index contributed by atoms with van der Waals surface area (Å²) in [5.41, 5.74) is 3.44. The molecular weight excluding hydrogens is 382 g/mol. The van der Waals surface area contributed by atoms with Crippen LogP contribution < -0.4 is 5.32 Å². The van der Waals surface area contributed by atoms with E-state index in [9.17, 15) is 4.79 Å². The lowest BCUT2D eigenvalue weighted by Crippen LogP contribution is -2.46. The third-order valence-electron chi connectivity index (χ3n) is 5.92. The second kappa shape index (κ2) is 8.78. The van der Waals surface area contributed by atoms with Gasteiger partial charge in [0.25, 0.3) is 0 Å². The Labute approximate surface area is 175 Å². The number of aromatic amines is 1. The number of aromatic nitrogens is 3. The minimum Gasteiger partial charge on any atom is -0.365 e. The smallest absolute Gasteiger partial charge is 0.222 e. The third kappa shape index (κ3) is 4.19. The monoisotopic (exact) mass is 409 g/mol. The van der Waals surface area contributed by atoms with E-state index >= 15 is 0 Å². The minimum absolute atomic E-state index is 0.125. The van der Waals surface area contributed by atoms with Crippen LogP contribution in [0.3, 0.4) is 0 Å². The number of hydrogen-bond donors (Lipinski definition) is 2. The number of aryl methyl sites for hydroxylation is 1. The first kappa shape index (κ1) is 19.6. The van der Waals surface area contributed by atoms with Crippen LogP contribution in [0.5, 0.6) is 0 Å². The predicted octanol–water partition coefficient (Wildman–Crippen LogP) is 3.84. The first-order valence-electron chi connectivity index (χ1n) is 10.2. The number of thiazole rings is 1. The Balaban J connectivity index is 1.44. The van der Waals surface area contributed by atoms with Crippen LogP contribution >= 0.6 is 11.3 Å². The Morgan fingerprint density at radius 1 is 1.28 bits per heavy atom. The van der Waals surface area contributed by atoms with E-state index in [0.717, 1.165) is 55.2 Å². The van der Waals surface area contributed by atoms with Crippen molar-refractivity contribution in [2.45, 2.75) is 37.5 Å². The molecule has 1 aliphatic rings. The lowest BCUT2D eigenvalue weighted by atomic mass is 9.70. The molecule has 7 heteroatoms. The standard InChI is InChI=1S/C22H27N5OS/c1-23-21-26-19(16-29-21)22(18-7-3-2-4-8-18)10-12-27(13-11-22)20(28)9-5-6-17-14-24-25-15-17/h2-4,7-8,14-16H,5-6,9-13H2,1H3,(H,23,26)(H,24,25). The number of nitrogens with zero attached hydrogens (tertiary/aromatic N) is 3. The molecule has 0 atom stereocenters. The molecule has 2 aromatic heterocycles. The number of rotatable bonds is 7. The number of H-pyrrole nitrogens is 1. The molecule has 6 nitrogen and oxygen atoms in total. The molecule has 1 amide bonds. The number of anilines is 1. The van der Waals surface area contributed by atoms with E-state index in [1.165, 1.54) is 5.56 Å². The first-order chi connectivity index (χ1) is 14.2. The van der Waals surface area contributed by atoms with Gasteiger partial charge in [-0.05, 0) is 36.8 Å². The van der Waals surface area contributed by atoms with E-state index in [1.807, 2.05) is 24.3 Å². The lowest BCUT2D eigenvalue weighted by Gasteiger charge is -2.41. The number of piperidine rings is 1. The van der Waals surface area contributed by atoms with Gasteiger partial charge in [-0.2, -0.15) is 5.10 Å². The zero-order valence-corrected chi connectivity index (χ0v) is 17.5. The molecule has 0 bridgehead atoms. The highest BCUT2D eigenvalue weighted by Crippen LogP contribution is 2.42. The van der Waals surface area contributed by atoms with E-state index in [4.69, 9.17) is 4.98 Å². The van der Waals surface area contributed by atoms with Gasteiger partial charge in [-0.25, -0.2) is 4.98 Å². The topological polar surface area (TPSA) is 73.9 Å². The van der Waals surface area contributed by atoms with Gasteiger partial charge < -0.3 is 10.2 Å². The summed E-state index contributed by atoms with van der Waals surface area (Å²) in [6.45, 7) is 1.54. The molecular formula is C22H27N5OS. The normalized spacial score (nSPS) is 16.0.